The van der Waals surface area contributed by atoms with E-state index in [1.54, 1.807) is 6.92 Å². The molecule has 4 rings (SSSR count). The lowest BCUT2D eigenvalue weighted by molar-refractivity contribution is -0.131. The molecule has 2 amide bonds. The summed E-state index contributed by atoms with van der Waals surface area (Å²) in [6.45, 7) is 5.82. The number of benzene rings is 2. The number of pyridine rings is 1. The minimum atomic E-state index is 0.0115. The van der Waals surface area contributed by atoms with Gasteiger partial charge in [-0.05, 0) is 54.7 Å². The van der Waals surface area contributed by atoms with Gasteiger partial charge in [0.1, 0.15) is 0 Å². The van der Waals surface area contributed by atoms with E-state index in [1.165, 1.54) is 0 Å². The molecular weight excluding hydrogens is 484 g/mol. The van der Waals surface area contributed by atoms with Crippen LogP contribution < -0.4 is 4.90 Å². The van der Waals surface area contributed by atoms with Crippen LogP contribution in [-0.2, 0) is 29.1 Å². The summed E-state index contributed by atoms with van der Waals surface area (Å²) in [4.78, 5) is 36.8. The standard InChI is InChI=1S/C30H35ClN4O2/c1-24(36)35-21-9-19-33(23-27-12-6-7-17-32-27)18-8-20-34(22-26-11-3-5-14-29(26)35)30(37)16-15-25-10-2-4-13-28(25)31/h2-7,10-14,17H,8-9,15-16,18-23H2,1H3. The zero-order valence-electron chi connectivity index (χ0n) is 21.5. The van der Waals surface area contributed by atoms with Crippen molar-refractivity contribution in [3.8, 4) is 0 Å². The van der Waals surface area contributed by atoms with Crippen molar-refractivity contribution in [1.29, 1.82) is 0 Å². The first-order valence-corrected chi connectivity index (χ1v) is 13.4. The predicted molar refractivity (Wildman–Crippen MR) is 148 cm³/mol. The molecule has 0 saturated carbocycles. The molecule has 0 bridgehead atoms. The second-order valence-electron chi connectivity index (χ2n) is 9.51. The summed E-state index contributed by atoms with van der Waals surface area (Å²) < 4.78 is 0. The number of carbonyl (C=O) groups is 2. The van der Waals surface area contributed by atoms with E-state index in [0.29, 0.717) is 37.5 Å². The van der Waals surface area contributed by atoms with E-state index in [4.69, 9.17) is 11.6 Å². The zero-order chi connectivity index (χ0) is 26.0. The van der Waals surface area contributed by atoms with Crippen molar-refractivity contribution in [1.82, 2.24) is 14.8 Å². The molecule has 0 aliphatic carbocycles. The minimum Gasteiger partial charge on any atom is -0.338 e. The highest BCUT2D eigenvalue weighted by Crippen LogP contribution is 2.24. The summed E-state index contributed by atoms with van der Waals surface area (Å²) in [5.41, 5.74) is 3.89. The van der Waals surface area contributed by atoms with Crippen LogP contribution in [0.2, 0.25) is 5.02 Å². The van der Waals surface area contributed by atoms with Gasteiger partial charge in [-0.1, -0.05) is 54.1 Å². The van der Waals surface area contributed by atoms with Crippen LogP contribution in [0.5, 0.6) is 0 Å². The molecule has 6 nitrogen and oxygen atoms in total. The molecule has 0 N–H and O–H groups in total. The van der Waals surface area contributed by atoms with E-state index in [9.17, 15) is 9.59 Å². The molecule has 1 aliphatic rings. The summed E-state index contributed by atoms with van der Waals surface area (Å²) >= 11 is 6.34. The van der Waals surface area contributed by atoms with Crippen molar-refractivity contribution in [3.63, 3.8) is 0 Å². The van der Waals surface area contributed by atoms with Gasteiger partial charge < -0.3 is 9.80 Å². The molecule has 0 spiro atoms. The zero-order valence-corrected chi connectivity index (χ0v) is 22.2. The van der Waals surface area contributed by atoms with Gasteiger partial charge in [0.05, 0.1) is 5.69 Å². The summed E-state index contributed by atoms with van der Waals surface area (Å²) in [6.07, 6.45) is 4.53. The molecule has 2 heterocycles. The summed E-state index contributed by atoms with van der Waals surface area (Å²) in [6, 6.07) is 21.6. The molecule has 7 heteroatoms. The summed E-state index contributed by atoms with van der Waals surface area (Å²) in [7, 11) is 0. The van der Waals surface area contributed by atoms with E-state index < -0.39 is 0 Å². The van der Waals surface area contributed by atoms with E-state index >= 15 is 0 Å². The van der Waals surface area contributed by atoms with Crippen LogP contribution in [0.25, 0.3) is 0 Å². The summed E-state index contributed by atoms with van der Waals surface area (Å²) in [5.74, 6) is 0.106. The van der Waals surface area contributed by atoms with Gasteiger partial charge in [-0.3, -0.25) is 19.5 Å². The maximum absolute atomic E-state index is 13.5. The molecule has 0 atom stereocenters. The second-order valence-corrected chi connectivity index (χ2v) is 9.92. The molecule has 37 heavy (non-hydrogen) atoms. The molecule has 194 valence electrons. The molecule has 0 radical (unpaired) electrons. The lowest BCUT2D eigenvalue weighted by Crippen LogP contribution is -2.38. The maximum Gasteiger partial charge on any atom is 0.223 e. The van der Waals surface area contributed by atoms with Crippen LogP contribution in [0.3, 0.4) is 0 Å². The number of rotatable bonds is 5. The quantitative estimate of drug-likeness (QED) is 0.457. The van der Waals surface area contributed by atoms with Crippen molar-refractivity contribution in [3.05, 3.63) is 94.8 Å². The third-order valence-corrected chi connectivity index (χ3v) is 7.18. The topological polar surface area (TPSA) is 56.8 Å². The third-order valence-electron chi connectivity index (χ3n) is 6.81. The van der Waals surface area contributed by atoms with E-state index in [-0.39, 0.29) is 11.8 Å². The Bertz CT molecular complexity index is 1190. The predicted octanol–water partition coefficient (Wildman–Crippen LogP) is 5.35. The van der Waals surface area contributed by atoms with Crippen molar-refractivity contribution in [2.75, 3.05) is 31.1 Å². The average molecular weight is 519 g/mol. The number of carbonyl (C=O) groups excluding carboxylic acids is 2. The first kappa shape index (κ1) is 26.8. The second kappa shape index (κ2) is 13.4. The van der Waals surface area contributed by atoms with Gasteiger partial charge in [-0.15, -0.1) is 0 Å². The molecule has 2 aromatic carbocycles. The SMILES string of the molecule is CC(=O)N1CCCN(Cc2ccccn2)CCCN(C(=O)CCc2ccccc2Cl)Cc2ccccc21. The highest BCUT2D eigenvalue weighted by atomic mass is 35.5. The smallest absolute Gasteiger partial charge is 0.223 e. The first-order valence-electron chi connectivity index (χ1n) is 13.0. The number of anilines is 1. The van der Waals surface area contributed by atoms with Crippen LogP contribution in [0, 0.1) is 0 Å². The molecule has 0 saturated heterocycles. The fourth-order valence-electron chi connectivity index (χ4n) is 4.88. The minimum absolute atomic E-state index is 0.0115. The Kier molecular flexibility index (Phi) is 9.69. The normalized spacial score (nSPS) is 15.4. The number of aryl methyl sites for hydroxylation is 1. The number of hydrogen-bond acceptors (Lipinski definition) is 4. The highest BCUT2D eigenvalue weighted by Gasteiger charge is 2.21. The van der Waals surface area contributed by atoms with Gasteiger partial charge in [0, 0.05) is 69.5 Å². The fourth-order valence-corrected chi connectivity index (χ4v) is 5.11. The van der Waals surface area contributed by atoms with Gasteiger partial charge in [-0.2, -0.15) is 0 Å². The van der Waals surface area contributed by atoms with Gasteiger partial charge in [0.15, 0.2) is 0 Å². The molecular formula is C30H35ClN4O2. The van der Waals surface area contributed by atoms with Crippen molar-refractivity contribution >= 4 is 29.1 Å². The maximum atomic E-state index is 13.5. The number of fused-ring (bicyclic) bond motifs is 1. The van der Waals surface area contributed by atoms with Gasteiger partial charge in [-0.25, -0.2) is 0 Å². The number of hydrogen-bond donors (Lipinski definition) is 0. The Labute approximate surface area is 224 Å². The van der Waals surface area contributed by atoms with Crippen molar-refractivity contribution in [2.24, 2.45) is 0 Å². The monoisotopic (exact) mass is 518 g/mol. The number of para-hydroxylation sites is 1. The third kappa shape index (κ3) is 7.63. The van der Waals surface area contributed by atoms with Crippen molar-refractivity contribution in [2.45, 2.75) is 45.7 Å². The van der Waals surface area contributed by atoms with Crippen molar-refractivity contribution < 1.29 is 9.59 Å². The molecule has 0 fully saturated rings. The molecule has 1 aliphatic heterocycles. The van der Waals surface area contributed by atoms with Crippen LogP contribution in [0.1, 0.15) is 43.0 Å². The van der Waals surface area contributed by atoms with Crippen LogP contribution in [0.4, 0.5) is 5.69 Å². The lowest BCUT2D eigenvalue weighted by Gasteiger charge is -2.31. The highest BCUT2D eigenvalue weighted by molar-refractivity contribution is 6.31. The van der Waals surface area contributed by atoms with Crippen LogP contribution in [-0.4, -0.2) is 52.8 Å². The van der Waals surface area contributed by atoms with Crippen LogP contribution in [0.15, 0.2) is 72.9 Å². The largest absolute Gasteiger partial charge is 0.338 e. The lowest BCUT2D eigenvalue weighted by atomic mass is 10.1. The van der Waals surface area contributed by atoms with Gasteiger partial charge in [0.25, 0.3) is 0 Å². The Morgan fingerprint density at radius 1 is 0.892 bits per heavy atom. The Hall–Kier alpha value is -3.22. The number of aromatic nitrogens is 1. The average Bonchev–Trinajstić information content (AvgIpc) is 2.90. The van der Waals surface area contributed by atoms with Crippen LogP contribution >= 0.6 is 11.6 Å². The first-order chi connectivity index (χ1) is 18.0. The Morgan fingerprint density at radius 2 is 1.62 bits per heavy atom. The number of nitrogens with zero attached hydrogens (tertiary/aromatic N) is 4. The summed E-state index contributed by atoms with van der Waals surface area (Å²) in [5, 5.41) is 0.691. The van der Waals surface area contributed by atoms with Gasteiger partial charge >= 0.3 is 0 Å². The van der Waals surface area contributed by atoms with E-state index in [2.05, 4.69) is 9.88 Å². The van der Waals surface area contributed by atoms with E-state index in [0.717, 1.165) is 55.0 Å². The molecule has 1 aromatic heterocycles. The number of amides is 2. The van der Waals surface area contributed by atoms with Gasteiger partial charge in [0.2, 0.25) is 11.8 Å². The molecule has 3 aromatic rings. The Balaban J connectivity index is 1.55. The fraction of sp³-hybridized carbons (Fsp3) is 0.367. The molecule has 0 unspecified atom stereocenters. The Morgan fingerprint density at radius 3 is 2.38 bits per heavy atom. The van der Waals surface area contributed by atoms with E-state index in [1.807, 2.05) is 82.7 Å². The number of halogens is 1.